The molecule has 60 valence electrons. The van der Waals surface area contributed by atoms with Crippen LogP contribution in [0.5, 0.6) is 0 Å². The maximum absolute atomic E-state index is 9.11. The molecule has 1 atom stereocenters. The monoisotopic (exact) mass is 151 g/mol. The van der Waals surface area contributed by atoms with Crippen LogP contribution in [-0.4, -0.2) is 5.11 Å². The molecule has 2 nitrogen and oxygen atoms in total. The van der Waals surface area contributed by atoms with Crippen molar-refractivity contribution in [2.24, 2.45) is 5.73 Å². The predicted octanol–water partition coefficient (Wildman–Crippen LogP) is 1.25. The summed E-state index contributed by atoms with van der Waals surface area (Å²) >= 11 is 0. The number of hydrogen-bond acceptors (Lipinski definition) is 2. The number of aryl methyl sites for hydroxylation is 2. The Morgan fingerprint density at radius 3 is 2.45 bits per heavy atom. The molecule has 0 spiro atoms. The molecule has 0 aliphatic rings. The van der Waals surface area contributed by atoms with E-state index in [1.165, 1.54) is 0 Å². The number of nitrogens with two attached hydrogens (primary N) is 1. The van der Waals surface area contributed by atoms with E-state index in [0.29, 0.717) is 0 Å². The second-order valence-corrected chi connectivity index (χ2v) is 2.80. The highest BCUT2D eigenvalue weighted by molar-refractivity contribution is 5.31. The molecule has 0 amide bonds. The van der Waals surface area contributed by atoms with E-state index in [1.807, 2.05) is 32.0 Å². The Bertz CT molecular complexity index is 256. The summed E-state index contributed by atoms with van der Waals surface area (Å²) in [5.41, 5.74) is 8.30. The van der Waals surface area contributed by atoms with Gasteiger partial charge >= 0.3 is 0 Å². The first-order valence-corrected chi connectivity index (χ1v) is 3.62. The van der Waals surface area contributed by atoms with Gasteiger partial charge in [-0.15, -0.1) is 0 Å². The molecular weight excluding hydrogens is 138 g/mol. The lowest BCUT2D eigenvalue weighted by Gasteiger charge is -2.08. The molecule has 0 aliphatic carbocycles. The summed E-state index contributed by atoms with van der Waals surface area (Å²) in [7, 11) is 0. The van der Waals surface area contributed by atoms with E-state index < -0.39 is 6.23 Å². The number of hydrogen-bond donors (Lipinski definition) is 2. The van der Waals surface area contributed by atoms with Crippen molar-refractivity contribution in [3.8, 4) is 0 Å². The second kappa shape index (κ2) is 3.03. The molecule has 0 aliphatic heterocycles. The van der Waals surface area contributed by atoms with Crippen LogP contribution in [-0.2, 0) is 0 Å². The maximum atomic E-state index is 9.11. The van der Waals surface area contributed by atoms with Gasteiger partial charge < -0.3 is 10.8 Å². The fourth-order valence-electron chi connectivity index (χ4n) is 1.08. The van der Waals surface area contributed by atoms with E-state index in [4.69, 9.17) is 10.8 Å². The Morgan fingerprint density at radius 2 is 2.00 bits per heavy atom. The molecule has 1 aromatic rings. The summed E-state index contributed by atoms with van der Waals surface area (Å²) in [6, 6.07) is 5.86. The Balaban J connectivity index is 3.13. The van der Waals surface area contributed by atoms with E-state index in [9.17, 15) is 0 Å². The van der Waals surface area contributed by atoms with Crippen molar-refractivity contribution in [1.29, 1.82) is 0 Å². The average Bonchev–Trinajstić information content (AvgIpc) is 1.94. The zero-order valence-corrected chi connectivity index (χ0v) is 6.83. The van der Waals surface area contributed by atoms with E-state index in [-0.39, 0.29) is 0 Å². The molecule has 0 heterocycles. The number of aliphatic hydroxyl groups excluding tert-OH is 1. The molecule has 0 saturated carbocycles. The van der Waals surface area contributed by atoms with Crippen molar-refractivity contribution in [2.75, 3.05) is 0 Å². The van der Waals surface area contributed by atoms with Gasteiger partial charge in [-0.05, 0) is 25.0 Å². The van der Waals surface area contributed by atoms with Gasteiger partial charge in [-0.2, -0.15) is 0 Å². The third-order valence-corrected chi connectivity index (χ3v) is 1.75. The molecule has 1 rings (SSSR count). The van der Waals surface area contributed by atoms with Gasteiger partial charge in [-0.1, -0.05) is 23.8 Å². The number of aliphatic hydroxyl groups is 1. The van der Waals surface area contributed by atoms with Crippen molar-refractivity contribution in [2.45, 2.75) is 20.1 Å². The summed E-state index contributed by atoms with van der Waals surface area (Å²) in [6.07, 6.45) is -0.852. The molecule has 11 heavy (non-hydrogen) atoms. The Hall–Kier alpha value is -0.860. The van der Waals surface area contributed by atoms with E-state index >= 15 is 0 Å². The van der Waals surface area contributed by atoms with Crippen LogP contribution in [0.15, 0.2) is 18.2 Å². The van der Waals surface area contributed by atoms with Crippen molar-refractivity contribution in [3.63, 3.8) is 0 Å². The first-order chi connectivity index (χ1) is 5.11. The molecule has 0 saturated heterocycles. The van der Waals surface area contributed by atoms with Crippen molar-refractivity contribution in [1.82, 2.24) is 0 Å². The quantitative estimate of drug-likeness (QED) is 0.593. The predicted molar refractivity (Wildman–Crippen MR) is 45.1 cm³/mol. The first-order valence-electron chi connectivity index (χ1n) is 3.62. The molecule has 0 fully saturated rings. The highest BCUT2D eigenvalue weighted by atomic mass is 16.3. The minimum Gasteiger partial charge on any atom is -0.375 e. The minimum atomic E-state index is -0.852. The van der Waals surface area contributed by atoms with Crippen LogP contribution in [0.1, 0.15) is 22.9 Å². The fraction of sp³-hybridized carbons (Fsp3) is 0.333. The van der Waals surface area contributed by atoms with Crippen LogP contribution in [0.2, 0.25) is 0 Å². The van der Waals surface area contributed by atoms with E-state index in [1.54, 1.807) is 0 Å². The molecule has 2 heteroatoms. The van der Waals surface area contributed by atoms with E-state index in [0.717, 1.165) is 16.7 Å². The van der Waals surface area contributed by atoms with Crippen molar-refractivity contribution in [3.05, 3.63) is 34.9 Å². The maximum Gasteiger partial charge on any atom is 0.128 e. The lowest BCUT2D eigenvalue weighted by molar-refractivity contribution is 0.185. The topological polar surface area (TPSA) is 46.2 Å². The Labute approximate surface area is 66.7 Å². The van der Waals surface area contributed by atoms with Gasteiger partial charge in [-0.25, -0.2) is 0 Å². The molecule has 0 aromatic heterocycles. The van der Waals surface area contributed by atoms with Gasteiger partial charge in [-0.3, -0.25) is 0 Å². The van der Waals surface area contributed by atoms with Crippen LogP contribution >= 0.6 is 0 Å². The van der Waals surface area contributed by atoms with Crippen LogP contribution in [0, 0.1) is 13.8 Å². The summed E-state index contributed by atoms with van der Waals surface area (Å²) < 4.78 is 0. The van der Waals surface area contributed by atoms with Gasteiger partial charge in [0.05, 0.1) is 0 Å². The fourth-order valence-corrected chi connectivity index (χ4v) is 1.08. The number of rotatable bonds is 1. The molecule has 1 unspecified atom stereocenters. The van der Waals surface area contributed by atoms with Gasteiger partial charge in [0.15, 0.2) is 0 Å². The number of benzene rings is 1. The third kappa shape index (κ3) is 1.79. The Morgan fingerprint density at radius 1 is 1.36 bits per heavy atom. The molecule has 0 bridgehead atoms. The van der Waals surface area contributed by atoms with Gasteiger partial charge in [0.1, 0.15) is 6.23 Å². The normalized spacial score (nSPS) is 13.1. The van der Waals surface area contributed by atoms with Crippen LogP contribution in [0.25, 0.3) is 0 Å². The third-order valence-electron chi connectivity index (χ3n) is 1.75. The SMILES string of the molecule is Cc1ccc(C)c(C(N)O)c1. The molecule has 1 aromatic carbocycles. The van der Waals surface area contributed by atoms with Gasteiger partial charge in [0.2, 0.25) is 0 Å². The van der Waals surface area contributed by atoms with Gasteiger partial charge in [0.25, 0.3) is 0 Å². The zero-order chi connectivity index (χ0) is 8.43. The highest BCUT2D eigenvalue weighted by Gasteiger charge is 2.03. The van der Waals surface area contributed by atoms with Crippen LogP contribution in [0.3, 0.4) is 0 Å². The van der Waals surface area contributed by atoms with Crippen molar-refractivity contribution >= 4 is 0 Å². The summed E-state index contributed by atoms with van der Waals surface area (Å²) in [5, 5.41) is 9.11. The second-order valence-electron chi connectivity index (χ2n) is 2.80. The summed E-state index contributed by atoms with van der Waals surface area (Å²) in [4.78, 5) is 0. The summed E-state index contributed by atoms with van der Waals surface area (Å²) in [6.45, 7) is 3.91. The van der Waals surface area contributed by atoms with Crippen LogP contribution in [0.4, 0.5) is 0 Å². The zero-order valence-electron chi connectivity index (χ0n) is 6.83. The molecular formula is C9H13NO. The lowest BCUT2D eigenvalue weighted by Crippen LogP contribution is -2.10. The minimum absolute atomic E-state index is 0.810. The smallest absolute Gasteiger partial charge is 0.128 e. The Kier molecular flexibility index (Phi) is 2.27. The first kappa shape index (κ1) is 8.24. The standard InChI is InChI=1S/C9H13NO/c1-6-3-4-7(2)8(5-6)9(10)11/h3-5,9,11H,10H2,1-2H3. The van der Waals surface area contributed by atoms with E-state index in [2.05, 4.69) is 0 Å². The lowest BCUT2D eigenvalue weighted by atomic mass is 10.1. The van der Waals surface area contributed by atoms with Crippen molar-refractivity contribution < 1.29 is 5.11 Å². The molecule has 0 radical (unpaired) electrons. The summed E-state index contributed by atoms with van der Waals surface area (Å²) in [5.74, 6) is 0. The largest absolute Gasteiger partial charge is 0.375 e. The van der Waals surface area contributed by atoms with Gasteiger partial charge in [0, 0.05) is 0 Å². The molecule has 3 N–H and O–H groups in total. The average molecular weight is 151 g/mol. The highest BCUT2D eigenvalue weighted by Crippen LogP contribution is 2.14. The van der Waals surface area contributed by atoms with Crippen LogP contribution < -0.4 is 5.73 Å².